The molecule has 0 aromatic heterocycles. The smallest absolute Gasteiger partial charge is 0.184 e. The van der Waals surface area contributed by atoms with Crippen molar-refractivity contribution in [3.8, 4) is 0 Å². The molecule has 5 nitrogen and oxygen atoms in total. The second-order valence-electron chi connectivity index (χ2n) is 6.70. The van der Waals surface area contributed by atoms with Gasteiger partial charge in [-0.2, -0.15) is 0 Å². The zero-order valence-corrected chi connectivity index (χ0v) is 14.8. The molecule has 138 valence electrons. The van der Waals surface area contributed by atoms with Gasteiger partial charge >= 0.3 is 0 Å². The molecular formula is C20H21ClO5. The first-order chi connectivity index (χ1) is 12.6. The monoisotopic (exact) mass is 376 g/mol. The molecule has 0 bridgehead atoms. The summed E-state index contributed by atoms with van der Waals surface area (Å²) < 4.78 is 17.7. The summed E-state index contributed by atoms with van der Waals surface area (Å²) in [5, 5.41) is 21.7. The van der Waals surface area contributed by atoms with Crippen LogP contribution in [0.4, 0.5) is 0 Å². The number of aliphatic hydroxyl groups is 2. The number of rotatable bonds is 3. The van der Waals surface area contributed by atoms with E-state index in [4.69, 9.17) is 25.8 Å². The van der Waals surface area contributed by atoms with Gasteiger partial charge in [-0.25, -0.2) is 0 Å². The zero-order valence-electron chi connectivity index (χ0n) is 14.1. The van der Waals surface area contributed by atoms with E-state index in [0.717, 1.165) is 11.1 Å². The van der Waals surface area contributed by atoms with Gasteiger partial charge in [0.25, 0.3) is 0 Å². The average Bonchev–Trinajstić information content (AvgIpc) is 2.67. The van der Waals surface area contributed by atoms with Gasteiger partial charge in [-0.3, -0.25) is 0 Å². The van der Waals surface area contributed by atoms with Crippen molar-refractivity contribution in [2.24, 2.45) is 0 Å². The molecule has 2 fully saturated rings. The van der Waals surface area contributed by atoms with Crippen LogP contribution >= 0.6 is 11.6 Å². The Hall–Kier alpha value is -1.47. The lowest BCUT2D eigenvalue weighted by molar-refractivity contribution is -0.328. The molecule has 0 amide bonds. The first kappa shape index (κ1) is 17.9. The highest BCUT2D eigenvalue weighted by atomic mass is 35.5. The summed E-state index contributed by atoms with van der Waals surface area (Å²) in [5.74, 6) is 0. The fraction of sp³-hybridized carbons (Fsp3) is 0.400. The van der Waals surface area contributed by atoms with Crippen molar-refractivity contribution in [1.82, 2.24) is 0 Å². The highest BCUT2D eigenvalue weighted by molar-refractivity contribution is 6.30. The summed E-state index contributed by atoms with van der Waals surface area (Å²) in [4.78, 5) is 0. The number of fused-ring (bicyclic) bond motifs is 1. The number of hydrogen-bond acceptors (Lipinski definition) is 5. The molecule has 6 heteroatoms. The lowest BCUT2D eigenvalue weighted by Crippen LogP contribution is -2.62. The largest absolute Gasteiger partial charge is 0.388 e. The fourth-order valence-corrected chi connectivity index (χ4v) is 3.62. The van der Waals surface area contributed by atoms with Crippen LogP contribution in [-0.4, -0.2) is 47.3 Å². The van der Waals surface area contributed by atoms with E-state index in [9.17, 15) is 10.2 Å². The predicted molar refractivity (Wildman–Crippen MR) is 95.8 cm³/mol. The van der Waals surface area contributed by atoms with Crippen LogP contribution in [-0.2, 0) is 20.6 Å². The second-order valence-corrected chi connectivity index (χ2v) is 7.14. The lowest BCUT2D eigenvalue weighted by Gasteiger charge is -2.46. The molecule has 0 saturated carbocycles. The molecule has 2 aromatic carbocycles. The van der Waals surface area contributed by atoms with Crippen LogP contribution in [0.25, 0.3) is 0 Å². The second kappa shape index (κ2) is 7.64. The Bertz CT molecular complexity index is 721. The van der Waals surface area contributed by atoms with Crippen molar-refractivity contribution in [2.45, 2.75) is 43.2 Å². The van der Waals surface area contributed by atoms with Crippen molar-refractivity contribution in [1.29, 1.82) is 0 Å². The van der Waals surface area contributed by atoms with E-state index in [-0.39, 0.29) is 6.61 Å². The number of benzene rings is 2. The van der Waals surface area contributed by atoms with E-state index in [2.05, 4.69) is 0 Å². The minimum absolute atomic E-state index is 0.285. The zero-order chi connectivity index (χ0) is 18.1. The van der Waals surface area contributed by atoms with Crippen LogP contribution in [0.2, 0.25) is 5.02 Å². The van der Waals surface area contributed by atoms with Crippen molar-refractivity contribution in [2.75, 3.05) is 6.61 Å². The van der Waals surface area contributed by atoms with Crippen molar-refractivity contribution in [3.05, 3.63) is 70.7 Å². The van der Waals surface area contributed by atoms with Crippen molar-refractivity contribution in [3.63, 3.8) is 0 Å². The molecule has 4 rings (SSSR count). The van der Waals surface area contributed by atoms with Gasteiger partial charge in [-0.05, 0) is 17.7 Å². The topological polar surface area (TPSA) is 68.2 Å². The maximum Gasteiger partial charge on any atom is 0.184 e. The molecule has 2 aliphatic rings. The number of aliphatic hydroxyl groups excluding tert-OH is 2. The fourth-order valence-electron chi connectivity index (χ4n) is 3.49. The molecule has 26 heavy (non-hydrogen) atoms. The molecule has 0 spiro atoms. The van der Waals surface area contributed by atoms with Gasteiger partial charge in [-0.15, -0.1) is 0 Å². The molecule has 2 heterocycles. The Labute approximate surface area is 157 Å². The minimum Gasteiger partial charge on any atom is -0.388 e. The summed E-state index contributed by atoms with van der Waals surface area (Å²) in [7, 11) is 0. The van der Waals surface area contributed by atoms with Crippen molar-refractivity contribution >= 4 is 11.6 Å². The number of ether oxygens (including phenoxy) is 3. The van der Waals surface area contributed by atoms with Crippen LogP contribution in [0.5, 0.6) is 0 Å². The molecule has 2 N–H and O–H groups in total. The SMILES string of the molecule is OC1C(Cc2ccccc2)OC2COC(c3ccc(Cl)cc3)OC2C1O. The van der Waals surface area contributed by atoms with Gasteiger partial charge in [0.05, 0.1) is 12.7 Å². The first-order valence-electron chi connectivity index (χ1n) is 8.70. The highest BCUT2D eigenvalue weighted by Gasteiger charge is 2.48. The molecule has 2 saturated heterocycles. The van der Waals surface area contributed by atoms with Gasteiger partial charge < -0.3 is 24.4 Å². The third-order valence-corrected chi connectivity index (χ3v) is 5.15. The van der Waals surface area contributed by atoms with E-state index < -0.39 is 36.8 Å². The summed E-state index contributed by atoms with van der Waals surface area (Å²) in [6.45, 7) is 0.285. The van der Waals surface area contributed by atoms with Crippen LogP contribution in [0.1, 0.15) is 17.4 Å². The van der Waals surface area contributed by atoms with Gasteiger partial charge in [0.1, 0.15) is 24.4 Å². The number of halogens is 1. The Morgan fingerprint density at radius 2 is 1.65 bits per heavy atom. The average molecular weight is 377 g/mol. The summed E-state index contributed by atoms with van der Waals surface area (Å²) >= 11 is 5.91. The lowest BCUT2D eigenvalue weighted by atomic mass is 9.91. The molecule has 0 aliphatic carbocycles. The van der Waals surface area contributed by atoms with Crippen LogP contribution in [0.15, 0.2) is 54.6 Å². The Morgan fingerprint density at radius 1 is 0.923 bits per heavy atom. The molecule has 0 radical (unpaired) electrons. The standard InChI is InChI=1S/C20H21ClO5/c21-14-8-6-13(7-9-14)20-24-11-16-19(26-20)18(23)17(22)15(25-16)10-12-4-2-1-3-5-12/h1-9,15-20,22-23H,10-11H2. The molecular weight excluding hydrogens is 356 g/mol. The maximum atomic E-state index is 10.6. The van der Waals surface area contributed by atoms with E-state index >= 15 is 0 Å². The van der Waals surface area contributed by atoms with Gasteiger partial charge in [0, 0.05) is 17.0 Å². The maximum absolute atomic E-state index is 10.6. The van der Waals surface area contributed by atoms with Crippen molar-refractivity contribution < 1.29 is 24.4 Å². The van der Waals surface area contributed by atoms with E-state index in [0.29, 0.717) is 11.4 Å². The van der Waals surface area contributed by atoms with E-state index in [1.807, 2.05) is 42.5 Å². The summed E-state index contributed by atoms with van der Waals surface area (Å²) in [6.07, 6.45) is -3.75. The summed E-state index contributed by atoms with van der Waals surface area (Å²) in [6, 6.07) is 16.9. The van der Waals surface area contributed by atoms with Crippen LogP contribution in [0.3, 0.4) is 0 Å². The van der Waals surface area contributed by atoms with Gasteiger partial charge in [0.15, 0.2) is 6.29 Å². The third-order valence-electron chi connectivity index (χ3n) is 4.90. The number of hydrogen-bond donors (Lipinski definition) is 2. The molecule has 2 aliphatic heterocycles. The van der Waals surface area contributed by atoms with E-state index in [1.54, 1.807) is 12.1 Å². The molecule has 6 atom stereocenters. The Morgan fingerprint density at radius 3 is 2.38 bits per heavy atom. The molecule has 2 aromatic rings. The quantitative estimate of drug-likeness (QED) is 0.861. The normalized spacial score (nSPS) is 34.3. The Kier molecular flexibility index (Phi) is 5.27. The van der Waals surface area contributed by atoms with E-state index in [1.165, 1.54) is 0 Å². The minimum atomic E-state index is -1.04. The van der Waals surface area contributed by atoms with Crippen LogP contribution in [0, 0.1) is 0 Å². The highest BCUT2D eigenvalue weighted by Crippen LogP contribution is 2.35. The third kappa shape index (κ3) is 3.64. The summed E-state index contributed by atoms with van der Waals surface area (Å²) in [5.41, 5.74) is 1.85. The molecule has 6 unspecified atom stereocenters. The first-order valence-corrected chi connectivity index (χ1v) is 9.07. The van der Waals surface area contributed by atoms with Crippen LogP contribution < -0.4 is 0 Å². The Balaban J connectivity index is 1.45. The van der Waals surface area contributed by atoms with Gasteiger partial charge in [-0.1, -0.05) is 54.1 Å². The van der Waals surface area contributed by atoms with Gasteiger partial charge in [0.2, 0.25) is 0 Å². The predicted octanol–water partition coefficient (Wildman–Crippen LogP) is 2.49.